The van der Waals surface area contributed by atoms with Crippen molar-refractivity contribution in [3.63, 3.8) is 0 Å². The quantitative estimate of drug-likeness (QED) is 0.729. The number of nitrogens with one attached hydrogen (secondary N) is 1. The summed E-state index contributed by atoms with van der Waals surface area (Å²) in [6.45, 7) is 6.44. The molecule has 0 bridgehead atoms. The van der Waals surface area contributed by atoms with Gasteiger partial charge in [-0.25, -0.2) is 9.50 Å². The molecule has 0 aliphatic heterocycles. The van der Waals surface area contributed by atoms with Gasteiger partial charge in [0.1, 0.15) is 12.4 Å². The third kappa shape index (κ3) is 3.33. The summed E-state index contributed by atoms with van der Waals surface area (Å²) in [4.78, 5) is 4.49. The summed E-state index contributed by atoms with van der Waals surface area (Å²) in [7, 11) is 0. The van der Waals surface area contributed by atoms with E-state index in [2.05, 4.69) is 29.2 Å². The maximum absolute atomic E-state index is 8.78. The second-order valence-corrected chi connectivity index (χ2v) is 5.82. The number of anilines is 1. The molecule has 1 unspecified atom stereocenters. The van der Waals surface area contributed by atoms with Gasteiger partial charge in [-0.15, -0.1) is 0 Å². The largest absolute Gasteiger partial charge is 0.491 e. The molecule has 126 valence electrons. The molecule has 3 rings (SSSR count). The zero-order valence-electron chi connectivity index (χ0n) is 14.2. The number of aliphatic hydroxyl groups is 1. The third-order valence-corrected chi connectivity index (χ3v) is 3.95. The Morgan fingerprint density at radius 2 is 2.00 bits per heavy atom. The summed E-state index contributed by atoms with van der Waals surface area (Å²) in [5.74, 6) is 0.744. The van der Waals surface area contributed by atoms with E-state index in [4.69, 9.17) is 9.84 Å². The topological polar surface area (TPSA) is 71.7 Å². The SMILES string of the molecule is Cc1cc2ncc(C(C)Nc3ccc(OCCO)cc3)c(C)n2n1. The van der Waals surface area contributed by atoms with Gasteiger partial charge in [0, 0.05) is 29.2 Å². The van der Waals surface area contributed by atoms with E-state index in [0.717, 1.165) is 34.0 Å². The van der Waals surface area contributed by atoms with Crippen LogP contribution in [0, 0.1) is 13.8 Å². The third-order valence-electron chi connectivity index (χ3n) is 3.95. The van der Waals surface area contributed by atoms with Gasteiger partial charge in [-0.2, -0.15) is 5.10 Å². The van der Waals surface area contributed by atoms with Crippen molar-refractivity contribution in [2.24, 2.45) is 0 Å². The molecule has 0 saturated heterocycles. The van der Waals surface area contributed by atoms with Crippen LogP contribution in [0.15, 0.2) is 36.5 Å². The molecule has 0 radical (unpaired) electrons. The summed E-state index contributed by atoms with van der Waals surface area (Å²) >= 11 is 0. The van der Waals surface area contributed by atoms with Crippen LogP contribution in [0.5, 0.6) is 5.75 Å². The summed E-state index contributed by atoms with van der Waals surface area (Å²) in [6, 6.07) is 9.76. The number of ether oxygens (including phenoxy) is 1. The van der Waals surface area contributed by atoms with E-state index in [-0.39, 0.29) is 12.6 Å². The van der Waals surface area contributed by atoms with Crippen LogP contribution in [-0.2, 0) is 0 Å². The average Bonchev–Trinajstić information content (AvgIpc) is 2.96. The van der Waals surface area contributed by atoms with Gasteiger partial charge < -0.3 is 15.2 Å². The van der Waals surface area contributed by atoms with E-state index in [1.165, 1.54) is 0 Å². The number of benzene rings is 1. The van der Waals surface area contributed by atoms with E-state index < -0.39 is 0 Å². The van der Waals surface area contributed by atoms with Crippen LogP contribution in [-0.4, -0.2) is 32.9 Å². The number of hydrogen-bond donors (Lipinski definition) is 2. The molecule has 3 aromatic rings. The fraction of sp³-hybridized carbons (Fsp3) is 0.333. The van der Waals surface area contributed by atoms with Crippen molar-refractivity contribution in [3.8, 4) is 5.75 Å². The molecule has 6 nitrogen and oxygen atoms in total. The lowest BCUT2D eigenvalue weighted by Crippen LogP contribution is -2.11. The molecular formula is C18H22N4O2. The predicted octanol–water partition coefficient (Wildman–Crippen LogP) is 2.89. The molecule has 6 heteroatoms. The Bertz CT molecular complexity index is 827. The van der Waals surface area contributed by atoms with Crippen LogP contribution in [0.2, 0.25) is 0 Å². The smallest absolute Gasteiger partial charge is 0.155 e. The van der Waals surface area contributed by atoms with Crippen molar-refractivity contribution in [1.82, 2.24) is 14.6 Å². The minimum atomic E-state index is 0.0126. The Kier molecular flexibility index (Phi) is 4.66. The average molecular weight is 326 g/mol. The van der Waals surface area contributed by atoms with E-state index in [1.54, 1.807) is 0 Å². The molecule has 0 aliphatic rings. The van der Waals surface area contributed by atoms with Crippen LogP contribution in [0.3, 0.4) is 0 Å². The van der Waals surface area contributed by atoms with E-state index >= 15 is 0 Å². The predicted molar refractivity (Wildman–Crippen MR) is 93.5 cm³/mol. The van der Waals surface area contributed by atoms with E-state index in [0.29, 0.717) is 6.61 Å². The molecule has 1 atom stereocenters. The van der Waals surface area contributed by atoms with Gasteiger partial charge in [0.15, 0.2) is 5.65 Å². The zero-order chi connectivity index (χ0) is 17.1. The highest BCUT2D eigenvalue weighted by molar-refractivity contribution is 5.49. The van der Waals surface area contributed by atoms with E-state index in [9.17, 15) is 0 Å². The maximum atomic E-state index is 8.78. The summed E-state index contributed by atoms with van der Waals surface area (Å²) in [5.41, 5.74) is 5.00. The minimum absolute atomic E-state index is 0.0126. The Morgan fingerprint density at radius 3 is 2.71 bits per heavy atom. The molecule has 1 aromatic carbocycles. The number of aromatic nitrogens is 3. The maximum Gasteiger partial charge on any atom is 0.155 e. The lowest BCUT2D eigenvalue weighted by molar-refractivity contribution is 0.201. The molecule has 2 aromatic heterocycles. The van der Waals surface area contributed by atoms with Gasteiger partial charge in [-0.3, -0.25) is 0 Å². The normalized spacial score (nSPS) is 12.3. The Balaban J connectivity index is 1.77. The summed E-state index contributed by atoms with van der Waals surface area (Å²) < 4.78 is 7.25. The van der Waals surface area contributed by atoms with Crippen LogP contribution >= 0.6 is 0 Å². The molecule has 0 saturated carbocycles. The number of fused-ring (bicyclic) bond motifs is 1. The second kappa shape index (κ2) is 6.88. The Labute approximate surface area is 141 Å². The lowest BCUT2D eigenvalue weighted by Gasteiger charge is -2.18. The molecule has 0 amide bonds. The first kappa shape index (κ1) is 16.3. The molecule has 2 heterocycles. The van der Waals surface area contributed by atoms with Crippen molar-refractivity contribution >= 4 is 11.3 Å². The fourth-order valence-corrected chi connectivity index (χ4v) is 2.74. The molecule has 0 fully saturated rings. The Morgan fingerprint density at radius 1 is 1.25 bits per heavy atom. The first-order valence-electron chi connectivity index (χ1n) is 8.00. The standard InChI is InChI=1S/C18H22N4O2/c1-12-10-18-19-11-17(14(3)22(18)21-12)13(2)20-15-4-6-16(7-5-15)24-9-8-23/h4-7,10-11,13,20,23H,8-9H2,1-3H3. The number of hydrogen-bond acceptors (Lipinski definition) is 5. The van der Waals surface area contributed by atoms with E-state index in [1.807, 2.05) is 48.0 Å². The van der Waals surface area contributed by atoms with Gasteiger partial charge in [0.25, 0.3) is 0 Å². The van der Waals surface area contributed by atoms with Crippen LogP contribution in [0.25, 0.3) is 5.65 Å². The number of nitrogens with zero attached hydrogens (tertiary/aromatic N) is 3. The highest BCUT2D eigenvalue weighted by Gasteiger charge is 2.13. The molecule has 0 spiro atoms. The number of aryl methyl sites for hydroxylation is 2. The van der Waals surface area contributed by atoms with Crippen molar-refractivity contribution in [1.29, 1.82) is 0 Å². The van der Waals surface area contributed by atoms with Crippen LogP contribution in [0.1, 0.15) is 29.9 Å². The highest BCUT2D eigenvalue weighted by Crippen LogP contribution is 2.24. The van der Waals surface area contributed by atoms with Crippen molar-refractivity contribution in [2.75, 3.05) is 18.5 Å². The molecule has 24 heavy (non-hydrogen) atoms. The fourth-order valence-electron chi connectivity index (χ4n) is 2.74. The van der Waals surface area contributed by atoms with Gasteiger partial charge in [0.2, 0.25) is 0 Å². The zero-order valence-corrected chi connectivity index (χ0v) is 14.2. The minimum Gasteiger partial charge on any atom is -0.491 e. The molecule has 2 N–H and O–H groups in total. The summed E-state index contributed by atoms with van der Waals surface area (Å²) in [5, 5.41) is 16.7. The van der Waals surface area contributed by atoms with Crippen molar-refractivity contribution < 1.29 is 9.84 Å². The monoisotopic (exact) mass is 326 g/mol. The van der Waals surface area contributed by atoms with Crippen molar-refractivity contribution in [2.45, 2.75) is 26.8 Å². The van der Waals surface area contributed by atoms with Crippen LogP contribution in [0.4, 0.5) is 5.69 Å². The van der Waals surface area contributed by atoms with Gasteiger partial charge in [0.05, 0.1) is 18.3 Å². The van der Waals surface area contributed by atoms with Gasteiger partial charge in [-0.05, 0) is 45.0 Å². The lowest BCUT2D eigenvalue weighted by atomic mass is 10.1. The first-order valence-corrected chi connectivity index (χ1v) is 8.00. The molecular weight excluding hydrogens is 304 g/mol. The van der Waals surface area contributed by atoms with Crippen LogP contribution < -0.4 is 10.1 Å². The molecule has 0 aliphatic carbocycles. The summed E-state index contributed by atoms with van der Waals surface area (Å²) in [6.07, 6.45) is 1.90. The van der Waals surface area contributed by atoms with Gasteiger partial charge in [-0.1, -0.05) is 0 Å². The first-order chi connectivity index (χ1) is 11.6. The van der Waals surface area contributed by atoms with Gasteiger partial charge >= 0.3 is 0 Å². The Hall–Kier alpha value is -2.60. The number of rotatable bonds is 6. The second-order valence-electron chi connectivity index (χ2n) is 5.82. The highest BCUT2D eigenvalue weighted by atomic mass is 16.5. The van der Waals surface area contributed by atoms with Crippen molar-refractivity contribution in [3.05, 3.63) is 53.5 Å². The number of aliphatic hydroxyl groups excluding tert-OH is 1.